The maximum absolute atomic E-state index is 13.9. The number of hydrogen-bond acceptors (Lipinski definition) is 10. The Morgan fingerprint density at radius 2 is 1.69 bits per heavy atom. The first-order valence-electron chi connectivity index (χ1n) is 21.4. The molecule has 0 spiro atoms. The number of piperidine rings is 1. The summed E-state index contributed by atoms with van der Waals surface area (Å²) in [5, 5.41) is 2.96. The van der Waals surface area contributed by atoms with Gasteiger partial charge in [-0.3, -0.25) is 14.5 Å². The van der Waals surface area contributed by atoms with Crippen LogP contribution in [0.1, 0.15) is 75.7 Å². The monoisotopic (exact) mass is 843 g/mol. The van der Waals surface area contributed by atoms with Gasteiger partial charge in [0.15, 0.2) is 0 Å². The summed E-state index contributed by atoms with van der Waals surface area (Å²) in [6.45, 7) is 7.48. The van der Waals surface area contributed by atoms with E-state index in [0.29, 0.717) is 72.1 Å². The minimum Gasteiger partial charge on any atom is -0.495 e. The molecule has 0 aliphatic carbocycles. The Labute approximate surface area is 363 Å². The molecule has 2 N–H and O–H groups in total. The fraction of sp³-hybridized carbons (Fsp3) is 0.396. The molecule has 7 rings (SSSR count). The van der Waals surface area contributed by atoms with Gasteiger partial charge in [-0.2, -0.15) is 0 Å². The van der Waals surface area contributed by atoms with Crippen LogP contribution in [0.3, 0.4) is 0 Å². The molecule has 1 atom stereocenters. The lowest BCUT2D eigenvalue weighted by molar-refractivity contribution is -0.113. The predicted molar refractivity (Wildman–Crippen MR) is 239 cm³/mol. The van der Waals surface area contributed by atoms with E-state index in [4.69, 9.17) is 19.2 Å². The number of H-pyrrole nitrogens is 1. The normalized spacial score (nSPS) is 15.5. The topological polar surface area (TPSA) is 150 Å². The lowest BCUT2D eigenvalue weighted by Gasteiger charge is -2.35. The van der Waals surface area contributed by atoms with Gasteiger partial charge in [-0.15, -0.1) is 0 Å². The van der Waals surface area contributed by atoms with Gasteiger partial charge in [-0.1, -0.05) is 42.5 Å². The number of ether oxygens (including phenoxy) is 3. The van der Waals surface area contributed by atoms with E-state index in [9.17, 15) is 19.2 Å². The largest absolute Gasteiger partial charge is 0.495 e. The number of likely N-dealkylation sites (tertiary alicyclic amines) is 1. The number of likely N-dealkylation sites (N-methyl/N-ethyl adjacent to an activating group) is 1. The zero-order valence-corrected chi connectivity index (χ0v) is 36.1. The van der Waals surface area contributed by atoms with Gasteiger partial charge in [-0.05, 0) is 99.7 Å². The summed E-state index contributed by atoms with van der Waals surface area (Å²) in [7, 11) is 5.30. The first-order chi connectivity index (χ1) is 30.1. The van der Waals surface area contributed by atoms with Gasteiger partial charge in [0, 0.05) is 57.8 Å². The summed E-state index contributed by atoms with van der Waals surface area (Å²) in [6.07, 6.45) is 4.57. The Hall–Kier alpha value is -6.25. The van der Waals surface area contributed by atoms with E-state index in [0.717, 1.165) is 74.2 Å². The summed E-state index contributed by atoms with van der Waals surface area (Å²) in [6, 6.07) is 25.6. The third-order valence-electron chi connectivity index (χ3n) is 11.9. The van der Waals surface area contributed by atoms with Crippen molar-refractivity contribution in [2.45, 2.75) is 57.6 Å². The number of nitrogens with zero attached hydrogens (tertiary/aromatic N) is 5. The summed E-state index contributed by atoms with van der Waals surface area (Å²) in [5.41, 5.74) is 5.01. The number of unbranched alkanes of at least 4 members (excludes halogenated alkanes) is 1. The van der Waals surface area contributed by atoms with Crippen molar-refractivity contribution in [1.82, 2.24) is 24.7 Å². The lowest BCUT2D eigenvalue weighted by atomic mass is 9.96. The Morgan fingerprint density at radius 1 is 0.919 bits per heavy atom. The molecule has 2 saturated heterocycles. The van der Waals surface area contributed by atoms with Crippen molar-refractivity contribution in [2.24, 2.45) is 0 Å². The molecule has 3 amide bonds. The molecular formula is C48H57N7O7. The number of benzene rings is 4. The second-order valence-corrected chi connectivity index (χ2v) is 16.2. The highest BCUT2D eigenvalue weighted by Gasteiger charge is 2.28. The maximum atomic E-state index is 13.9. The number of aromatic amines is 1. The quantitative estimate of drug-likeness (QED) is 0.0767. The van der Waals surface area contributed by atoms with E-state index in [1.165, 1.54) is 7.11 Å². The number of para-hydroxylation sites is 1. The molecule has 326 valence electrons. The van der Waals surface area contributed by atoms with Crippen LogP contribution in [-0.2, 0) is 16.1 Å². The van der Waals surface area contributed by atoms with Crippen LogP contribution in [0.2, 0.25) is 0 Å². The molecule has 5 aromatic rings. The molecule has 2 aliphatic heterocycles. The number of fused-ring (bicyclic) bond motifs is 1. The van der Waals surface area contributed by atoms with Crippen LogP contribution < -0.4 is 19.7 Å². The average molecular weight is 844 g/mol. The number of hydrogen-bond donors (Lipinski definition) is 2. The summed E-state index contributed by atoms with van der Waals surface area (Å²) in [5.74, 6) is 1.13. The van der Waals surface area contributed by atoms with E-state index in [1.807, 2.05) is 61.5 Å². The Kier molecular flexibility index (Phi) is 14.5. The number of aromatic nitrogens is 2. The van der Waals surface area contributed by atoms with Crippen LogP contribution >= 0.6 is 0 Å². The number of rotatable bonds is 16. The van der Waals surface area contributed by atoms with Crippen LogP contribution in [-0.4, -0.2) is 122 Å². The van der Waals surface area contributed by atoms with Gasteiger partial charge in [0.05, 0.1) is 42.2 Å². The molecule has 4 aromatic carbocycles. The van der Waals surface area contributed by atoms with Crippen molar-refractivity contribution in [3.8, 4) is 11.5 Å². The van der Waals surface area contributed by atoms with Gasteiger partial charge >= 0.3 is 6.09 Å². The second kappa shape index (κ2) is 20.5. The molecule has 14 nitrogen and oxygen atoms in total. The van der Waals surface area contributed by atoms with E-state index in [1.54, 1.807) is 47.2 Å². The smallest absolute Gasteiger partial charge is 0.410 e. The van der Waals surface area contributed by atoms with E-state index >= 15 is 0 Å². The predicted octanol–water partition coefficient (Wildman–Crippen LogP) is 7.29. The molecule has 0 saturated carbocycles. The average Bonchev–Trinajstić information content (AvgIpc) is 3.75. The molecule has 1 unspecified atom stereocenters. The first-order valence-corrected chi connectivity index (χ1v) is 21.4. The van der Waals surface area contributed by atoms with Crippen molar-refractivity contribution in [3.63, 3.8) is 0 Å². The van der Waals surface area contributed by atoms with Crippen molar-refractivity contribution < 1.29 is 33.4 Å². The van der Waals surface area contributed by atoms with Gasteiger partial charge in [-0.25, -0.2) is 9.78 Å². The fourth-order valence-corrected chi connectivity index (χ4v) is 8.14. The third-order valence-corrected chi connectivity index (χ3v) is 11.9. The van der Waals surface area contributed by atoms with E-state index in [-0.39, 0.29) is 36.5 Å². The number of piperazine rings is 1. The number of amides is 3. The lowest BCUT2D eigenvalue weighted by Crippen LogP contribution is -2.49. The molecule has 2 fully saturated rings. The van der Waals surface area contributed by atoms with Gasteiger partial charge in [0.1, 0.15) is 35.7 Å². The molecular weight excluding hydrogens is 787 g/mol. The Balaban J connectivity index is 0.949. The van der Waals surface area contributed by atoms with Crippen molar-refractivity contribution in [1.29, 1.82) is 0 Å². The zero-order chi connectivity index (χ0) is 43.6. The molecule has 2 aliphatic rings. The number of imidazole rings is 1. The number of anilines is 2. The summed E-state index contributed by atoms with van der Waals surface area (Å²) in [4.78, 5) is 68.5. The highest BCUT2D eigenvalue weighted by molar-refractivity contribution is 6.12. The summed E-state index contributed by atoms with van der Waals surface area (Å²) >= 11 is 0. The molecule has 1 aromatic heterocycles. The van der Waals surface area contributed by atoms with Gasteiger partial charge in [0.25, 0.3) is 11.8 Å². The molecule has 3 heterocycles. The van der Waals surface area contributed by atoms with E-state index < -0.39 is 0 Å². The Morgan fingerprint density at radius 3 is 2.44 bits per heavy atom. The second-order valence-electron chi connectivity index (χ2n) is 16.2. The number of methoxy groups -OCH3 is 1. The van der Waals surface area contributed by atoms with Crippen LogP contribution in [0, 0.1) is 6.92 Å². The molecule has 14 heteroatoms. The number of aryl methyl sites for hydroxylation is 1. The van der Waals surface area contributed by atoms with Crippen LogP contribution in [0.25, 0.3) is 11.0 Å². The van der Waals surface area contributed by atoms with Crippen LogP contribution in [0.4, 0.5) is 16.2 Å². The van der Waals surface area contributed by atoms with Crippen molar-refractivity contribution in [2.75, 3.05) is 77.3 Å². The number of nitrogens with one attached hydrogen (secondary N) is 2. The maximum Gasteiger partial charge on any atom is 0.410 e. The minimum atomic E-state index is -0.374. The molecule has 0 bridgehead atoms. The van der Waals surface area contributed by atoms with Crippen LogP contribution in [0.5, 0.6) is 11.5 Å². The van der Waals surface area contributed by atoms with Crippen molar-refractivity contribution >= 4 is 46.6 Å². The minimum absolute atomic E-state index is 0.0791. The van der Waals surface area contributed by atoms with E-state index in [2.05, 4.69) is 27.1 Å². The number of aldehydes is 1. The van der Waals surface area contributed by atoms with Gasteiger partial charge < -0.3 is 44.0 Å². The zero-order valence-electron chi connectivity index (χ0n) is 36.1. The van der Waals surface area contributed by atoms with Gasteiger partial charge in [0.2, 0.25) is 0 Å². The molecule has 62 heavy (non-hydrogen) atoms. The third kappa shape index (κ3) is 10.6. The van der Waals surface area contributed by atoms with Crippen LogP contribution in [0.15, 0.2) is 84.9 Å². The Bertz CT molecular complexity index is 2340. The SMILES string of the molecule is COc1cc(C(=O)N(C)c2ccc(C)cc2OCCCCC(C=O)N2CCN(C)CC2)ccc1NC(=O)c1cccc2[nH]c(C3CCN(C(=O)OCc4ccccc4)CC3)nc12. The molecule has 0 radical (unpaired) electrons. The highest BCUT2D eigenvalue weighted by atomic mass is 16.6. The number of carbonyl (C=O) groups excluding carboxylic acids is 4. The summed E-state index contributed by atoms with van der Waals surface area (Å²) < 4.78 is 17.5. The fourth-order valence-electron chi connectivity index (χ4n) is 8.14. The standard InChI is InChI=1S/C48H57N7O7/c1-33-16-19-41(43(29-33)61-28-9-8-13-37(31-56)54-26-24-52(2)25-27-54)53(3)47(58)36-17-18-39(42(30-36)60-4)50-46(57)38-14-10-15-40-44(38)51-45(49-40)35-20-22-55(23-21-35)48(59)62-32-34-11-6-5-7-12-34/h5-7,10-12,14-19,29-31,35,37H,8-9,13,20-28,32H2,1-4H3,(H,49,51)(H,50,57). The number of carbonyl (C=O) groups is 4. The first kappa shape index (κ1) is 43.8. The highest BCUT2D eigenvalue weighted by Crippen LogP contribution is 2.33. The van der Waals surface area contributed by atoms with Crippen molar-refractivity contribution in [3.05, 3.63) is 113 Å².